The Kier molecular flexibility index (Phi) is 5.23. The van der Waals surface area contributed by atoms with E-state index in [1.165, 1.54) is 0 Å². The van der Waals surface area contributed by atoms with Gasteiger partial charge in [0.15, 0.2) is 5.82 Å². The first kappa shape index (κ1) is 18.4. The van der Waals surface area contributed by atoms with Crippen molar-refractivity contribution in [3.63, 3.8) is 0 Å². The second-order valence-corrected chi connectivity index (χ2v) is 7.48. The molecule has 3 aromatic rings. The molecule has 0 aromatic carbocycles. The summed E-state index contributed by atoms with van der Waals surface area (Å²) in [5.41, 5.74) is 1.11. The number of rotatable bonds is 6. The lowest BCUT2D eigenvalue weighted by Gasteiger charge is -2.32. The zero-order chi connectivity index (χ0) is 19.5. The van der Waals surface area contributed by atoms with Crippen LogP contribution in [0.4, 0.5) is 0 Å². The third-order valence-electron chi connectivity index (χ3n) is 5.34. The highest BCUT2D eigenvalue weighted by Crippen LogP contribution is 2.26. The Morgan fingerprint density at radius 3 is 2.96 bits per heavy atom. The molecule has 3 aromatic heterocycles. The van der Waals surface area contributed by atoms with Gasteiger partial charge in [-0.25, -0.2) is 4.98 Å². The highest BCUT2D eigenvalue weighted by Gasteiger charge is 2.28. The summed E-state index contributed by atoms with van der Waals surface area (Å²) in [4.78, 5) is 18.7. The van der Waals surface area contributed by atoms with Crippen molar-refractivity contribution in [1.82, 2.24) is 39.0 Å². The number of hydrogen-bond donors (Lipinski definition) is 0. The number of nitrogens with zero attached hydrogens (tertiary/aromatic N) is 8. The van der Waals surface area contributed by atoms with E-state index in [1.54, 1.807) is 12.5 Å². The molecule has 1 fully saturated rings. The van der Waals surface area contributed by atoms with Gasteiger partial charge in [0.25, 0.3) is 0 Å². The minimum atomic E-state index is 0.179. The van der Waals surface area contributed by atoms with Crippen molar-refractivity contribution >= 4 is 5.91 Å². The van der Waals surface area contributed by atoms with E-state index in [0.717, 1.165) is 36.6 Å². The number of carbonyl (C=O) groups excluding carboxylic acids is 1. The first-order valence-corrected chi connectivity index (χ1v) is 9.71. The van der Waals surface area contributed by atoms with Crippen molar-refractivity contribution in [1.29, 1.82) is 0 Å². The van der Waals surface area contributed by atoms with Crippen LogP contribution in [0.1, 0.15) is 42.4 Å². The number of piperidine rings is 1. The summed E-state index contributed by atoms with van der Waals surface area (Å²) in [6, 6.07) is 0. The molecule has 1 aliphatic heterocycles. The standard InChI is InChI=1S/C19H26N8O/c1-15-10-21-27(11-15)8-5-18(28)26-7-3-4-16(12-26)19-23-22-17(24(19)2)13-25-9-6-20-14-25/h6,9-11,14,16H,3-5,7-8,12-13H2,1-2H3/t16-/m1/s1. The number of carbonyl (C=O) groups is 1. The number of aromatic nitrogens is 7. The van der Waals surface area contributed by atoms with Crippen molar-refractivity contribution in [2.45, 2.75) is 45.2 Å². The van der Waals surface area contributed by atoms with E-state index in [-0.39, 0.29) is 11.8 Å². The summed E-state index contributed by atoms with van der Waals surface area (Å²) >= 11 is 0. The normalized spacial score (nSPS) is 17.2. The molecule has 1 amide bonds. The van der Waals surface area contributed by atoms with Crippen molar-refractivity contribution < 1.29 is 4.79 Å². The molecule has 1 aliphatic rings. The topological polar surface area (TPSA) is 86.7 Å². The van der Waals surface area contributed by atoms with Crippen LogP contribution in [-0.2, 0) is 24.9 Å². The first-order chi connectivity index (χ1) is 13.6. The fourth-order valence-electron chi connectivity index (χ4n) is 3.78. The van der Waals surface area contributed by atoms with Crippen LogP contribution in [0.5, 0.6) is 0 Å². The second-order valence-electron chi connectivity index (χ2n) is 7.48. The van der Waals surface area contributed by atoms with Crippen LogP contribution in [0.25, 0.3) is 0 Å². The van der Waals surface area contributed by atoms with E-state index >= 15 is 0 Å². The van der Waals surface area contributed by atoms with Gasteiger partial charge in [-0.05, 0) is 25.3 Å². The minimum absolute atomic E-state index is 0.179. The van der Waals surface area contributed by atoms with Gasteiger partial charge in [-0.3, -0.25) is 9.48 Å². The largest absolute Gasteiger partial charge is 0.342 e. The summed E-state index contributed by atoms with van der Waals surface area (Å²) in [5, 5.41) is 13.1. The third-order valence-corrected chi connectivity index (χ3v) is 5.34. The molecular formula is C19H26N8O. The maximum atomic E-state index is 12.7. The second kappa shape index (κ2) is 7.95. The number of hydrogen-bond acceptors (Lipinski definition) is 5. The van der Waals surface area contributed by atoms with Gasteiger partial charge < -0.3 is 14.0 Å². The Labute approximate surface area is 164 Å². The molecule has 28 heavy (non-hydrogen) atoms. The molecule has 0 bridgehead atoms. The molecule has 4 heterocycles. The molecular weight excluding hydrogens is 356 g/mol. The van der Waals surface area contributed by atoms with Crippen LogP contribution in [0.2, 0.25) is 0 Å². The van der Waals surface area contributed by atoms with Crippen LogP contribution in [0.15, 0.2) is 31.1 Å². The van der Waals surface area contributed by atoms with Crippen molar-refractivity contribution in [2.24, 2.45) is 7.05 Å². The maximum absolute atomic E-state index is 12.7. The Hall–Kier alpha value is -2.97. The minimum Gasteiger partial charge on any atom is -0.342 e. The molecule has 0 unspecified atom stereocenters. The monoisotopic (exact) mass is 382 g/mol. The van der Waals surface area contributed by atoms with Crippen LogP contribution >= 0.6 is 0 Å². The number of aryl methyl sites for hydroxylation is 2. The molecule has 9 heteroatoms. The lowest BCUT2D eigenvalue weighted by Crippen LogP contribution is -2.40. The molecule has 0 saturated carbocycles. The average molecular weight is 382 g/mol. The number of amides is 1. The summed E-state index contributed by atoms with van der Waals surface area (Å²) in [7, 11) is 2.00. The third kappa shape index (κ3) is 3.97. The van der Waals surface area contributed by atoms with Gasteiger partial charge in [0.05, 0.1) is 19.1 Å². The van der Waals surface area contributed by atoms with Gasteiger partial charge in [0.2, 0.25) is 5.91 Å². The summed E-state index contributed by atoms with van der Waals surface area (Å²) < 4.78 is 5.87. The van der Waals surface area contributed by atoms with Gasteiger partial charge >= 0.3 is 0 Å². The van der Waals surface area contributed by atoms with Crippen molar-refractivity contribution in [3.05, 3.63) is 48.3 Å². The summed E-state index contributed by atoms with van der Waals surface area (Å²) in [6.45, 7) is 4.78. The highest BCUT2D eigenvalue weighted by molar-refractivity contribution is 5.76. The van der Waals surface area contributed by atoms with E-state index in [1.807, 2.05) is 46.7 Å². The zero-order valence-corrected chi connectivity index (χ0v) is 16.4. The van der Waals surface area contributed by atoms with E-state index in [4.69, 9.17) is 0 Å². The predicted octanol–water partition coefficient (Wildman–Crippen LogP) is 1.36. The lowest BCUT2D eigenvalue weighted by atomic mass is 9.97. The SMILES string of the molecule is Cc1cnn(CCC(=O)N2CCC[C@@H](c3nnc(Cn4ccnc4)n3C)C2)c1. The Bertz CT molecular complexity index is 926. The molecule has 0 N–H and O–H groups in total. The van der Waals surface area contributed by atoms with E-state index in [2.05, 4.69) is 24.8 Å². The maximum Gasteiger partial charge on any atom is 0.224 e. The molecule has 4 rings (SSSR count). The fraction of sp³-hybridized carbons (Fsp3) is 0.526. The average Bonchev–Trinajstić information content (AvgIpc) is 3.44. The molecule has 1 atom stereocenters. The molecule has 148 valence electrons. The Morgan fingerprint density at radius 1 is 1.32 bits per heavy atom. The molecule has 0 aliphatic carbocycles. The van der Waals surface area contributed by atoms with Crippen LogP contribution < -0.4 is 0 Å². The highest BCUT2D eigenvalue weighted by atomic mass is 16.2. The van der Waals surface area contributed by atoms with Gasteiger partial charge in [-0.1, -0.05) is 0 Å². The first-order valence-electron chi connectivity index (χ1n) is 9.71. The Balaban J connectivity index is 1.38. The van der Waals surface area contributed by atoms with E-state index in [9.17, 15) is 4.79 Å². The van der Waals surface area contributed by atoms with E-state index < -0.39 is 0 Å². The summed E-state index contributed by atoms with van der Waals surface area (Å²) in [6.07, 6.45) is 11.7. The zero-order valence-electron chi connectivity index (χ0n) is 16.4. The smallest absolute Gasteiger partial charge is 0.224 e. The molecule has 0 radical (unpaired) electrons. The quantitative estimate of drug-likeness (QED) is 0.642. The Morgan fingerprint density at radius 2 is 2.21 bits per heavy atom. The van der Waals surface area contributed by atoms with Crippen LogP contribution in [0, 0.1) is 6.92 Å². The van der Waals surface area contributed by atoms with Crippen LogP contribution in [-0.4, -0.2) is 58.0 Å². The number of imidazole rings is 1. The molecule has 1 saturated heterocycles. The van der Waals surface area contributed by atoms with Gasteiger partial charge in [0, 0.05) is 57.6 Å². The fourth-order valence-corrected chi connectivity index (χ4v) is 3.78. The predicted molar refractivity (Wildman–Crippen MR) is 102 cm³/mol. The van der Waals surface area contributed by atoms with Crippen LogP contribution in [0.3, 0.4) is 0 Å². The van der Waals surface area contributed by atoms with Crippen molar-refractivity contribution in [3.8, 4) is 0 Å². The number of likely N-dealkylation sites (tertiary alicyclic amines) is 1. The lowest BCUT2D eigenvalue weighted by molar-refractivity contribution is -0.132. The summed E-state index contributed by atoms with van der Waals surface area (Å²) in [5.74, 6) is 2.25. The van der Waals surface area contributed by atoms with Gasteiger partial charge in [-0.2, -0.15) is 5.10 Å². The van der Waals surface area contributed by atoms with Crippen molar-refractivity contribution in [2.75, 3.05) is 13.1 Å². The van der Waals surface area contributed by atoms with Gasteiger partial charge in [-0.15, -0.1) is 10.2 Å². The molecule has 9 nitrogen and oxygen atoms in total. The van der Waals surface area contributed by atoms with Gasteiger partial charge in [0.1, 0.15) is 5.82 Å². The van der Waals surface area contributed by atoms with E-state index in [0.29, 0.717) is 26.1 Å². The molecule has 0 spiro atoms.